The maximum atomic E-state index is 12.2. The zero-order chi connectivity index (χ0) is 20.1. The number of ether oxygens (including phenoxy) is 2. The Labute approximate surface area is 155 Å². The topological polar surface area (TPSA) is 98.8 Å². The molecular weight excluding hydrogens is 358 g/mol. The Bertz CT molecular complexity index is 724. The fraction of sp³-hybridized carbons (Fsp3) is 0.556. The summed E-state index contributed by atoms with van der Waals surface area (Å²) >= 11 is 0. The second kappa shape index (κ2) is 8.53. The number of benzene rings is 1. The molecule has 1 N–H and O–H groups in total. The van der Waals surface area contributed by atoms with Gasteiger partial charge in [0.15, 0.2) is 9.84 Å². The molecule has 0 radical (unpaired) electrons. The fourth-order valence-corrected chi connectivity index (χ4v) is 3.80. The van der Waals surface area contributed by atoms with Gasteiger partial charge in [-0.1, -0.05) is 30.3 Å². The van der Waals surface area contributed by atoms with Crippen molar-refractivity contribution in [2.45, 2.75) is 57.6 Å². The highest BCUT2D eigenvalue weighted by atomic mass is 32.2. The van der Waals surface area contributed by atoms with E-state index in [1.807, 2.05) is 0 Å². The zero-order valence-corrected chi connectivity index (χ0v) is 16.8. The average Bonchev–Trinajstić information content (AvgIpc) is 2.44. The third kappa shape index (κ3) is 7.03. The van der Waals surface area contributed by atoms with Crippen LogP contribution >= 0.6 is 0 Å². The molecule has 3 atom stereocenters. The van der Waals surface area contributed by atoms with Gasteiger partial charge in [0.1, 0.15) is 23.0 Å². The summed E-state index contributed by atoms with van der Waals surface area (Å²) in [5, 5.41) is 1.38. The van der Waals surface area contributed by atoms with Crippen LogP contribution in [0.3, 0.4) is 0 Å². The van der Waals surface area contributed by atoms with Gasteiger partial charge in [-0.2, -0.15) is 0 Å². The number of carbonyl (C=O) groups excluding carboxylic acids is 2. The molecule has 0 fully saturated rings. The lowest BCUT2D eigenvalue weighted by Crippen LogP contribution is -2.44. The Hall–Kier alpha value is -2.09. The van der Waals surface area contributed by atoms with Crippen LogP contribution in [0.15, 0.2) is 30.3 Å². The van der Waals surface area contributed by atoms with Crippen molar-refractivity contribution < 1.29 is 27.5 Å². The quantitative estimate of drug-likeness (QED) is 0.756. The van der Waals surface area contributed by atoms with Gasteiger partial charge in [0.05, 0.1) is 0 Å². The Morgan fingerprint density at radius 3 is 2.08 bits per heavy atom. The van der Waals surface area contributed by atoms with E-state index >= 15 is 0 Å². The molecule has 1 aromatic carbocycles. The van der Waals surface area contributed by atoms with Gasteiger partial charge in [-0.15, -0.1) is 0 Å². The summed E-state index contributed by atoms with van der Waals surface area (Å²) < 4.78 is 34.7. The molecule has 0 aliphatic carbocycles. The lowest BCUT2D eigenvalue weighted by Gasteiger charge is -2.25. The van der Waals surface area contributed by atoms with Crippen molar-refractivity contribution in [3.05, 3.63) is 35.9 Å². The summed E-state index contributed by atoms with van der Waals surface area (Å²) in [6.45, 7) is 8.06. The number of carbonyl (C=O) groups is 2. The largest absolute Gasteiger partial charge is 0.459 e. The minimum atomic E-state index is -3.52. The van der Waals surface area contributed by atoms with Gasteiger partial charge < -0.3 is 14.8 Å². The van der Waals surface area contributed by atoms with E-state index in [9.17, 15) is 18.0 Å². The SMILES string of the molecule is C[C@H](NC(=O)OC(C)(C)C)C(=O)O[C@@H](C)[C@@H](c1ccccc1)S(C)(=O)=O. The van der Waals surface area contributed by atoms with Crippen molar-refractivity contribution >= 4 is 21.9 Å². The Morgan fingerprint density at radius 1 is 1.08 bits per heavy atom. The van der Waals surface area contributed by atoms with Gasteiger partial charge in [-0.3, -0.25) is 0 Å². The summed E-state index contributed by atoms with van der Waals surface area (Å²) in [4.78, 5) is 24.0. The first-order valence-electron chi connectivity index (χ1n) is 8.25. The molecule has 7 nitrogen and oxygen atoms in total. The Morgan fingerprint density at radius 2 is 1.62 bits per heavy atom. The highest BCUT2D eigenvalue weighted by molar-refractivity contribution is 7.91. The first-order valence-corrected chi connectivity index (χ1v) is 10.2. The molecular formula is C18H27NO6S. The molecule has 0 spiro atoms. The minimum Gasteiger partial charge on any atom is -0.459 e. The molecule has 0 aliphatic heterocycles. The number of hydrogen-bond acceptors (Lipinski definition) is 6. The van der Waals surface area contributed by atoms with Crippen LogP contribution < -0.4 is 5.32 Å². The number of esters is 1. The second-order valence-corrected chi connectivity index (χ2v) is 9.34. The molecule has 0 unspecified atom stereocenters. The van der Waals surface area contributed by atoms with Crippen LogP contribution in [0.5, 0.6) is 0 Å². The predicted molar refractivity (Wildman–Crippen MR) is 98.4 cm³/mol. The van der Waals surface area contributed by atoms with E-state index < -0.39 is 44.9 Å². The molecule has 0 saturated carbocycles. The summed E-state index contributed by atoms with van der Waals surface area (Å²) in [5.41, 5.74) is -0.168. The fourth-order valence-electron chi connectivity index (χ4n) is 2.40. The van der Waals surface area contributed by atoms with Gasteiger partial charge in [0, 0.05) is 6.26 Å². The normalized spacial score (nSPS) is 15.5. The van der Waals surface area contributed by atoms with Crippen molar-refractivity contribution in [1.29, 1.82) is 0 Å². The van der Waals surface area contributed by atoms with E-state index in [1.165, 1.54) is 13.8 Å². The number of alkyl carbamates (subject to hydrolysis) is 1. The van der Waals surface area contributed by atoms with E-state index in [0.717, 1.165) is 6.26 Å². The van der Waals surface area contributed by atoms with Gasteiger partial charge in [-0.25, -0.2) is 18.0 Å². The average molecular weight is 385 g/mol. The van der Waals surface area contributed by atoms with E-state index in [4.69, 9.17) is 9.47 Å². The second-order valence-electron chi connectivity index (χ2n) is 7.17. The van der Waals surface area contributed by atoms with Crippen LogP contribution in [-0.4, -0.2) is 44.5 Å². The van der Waals surface area contributed by atoms with Crippen LogP contribution in [-0.2, 0) is 24.1 Å². The highest BCUT2D eigenvalue weighted by Gasteiger charge is 2.33. The summed E-state index contributed by atoms with van der Waals surface area (Å²) in [6.07, 6.45) is -0.586. The van der Waals surface area contributed by atoms with Crippen LogP contribution in [0.25, 0.3) is 0 Å². The maximum Gasteiger partial charge on any atom is 0.408 e. The standard InChI is InChI=1S/C18H27NO6S/c1-12(19-17(21)25-18(3,4)5)16(20)24-13(2)15(26(6,22)23)14-10-8-7-9-11-14/h7-13,15H,1-6H3,(H,19,21)/t12-,13-,15-/m0/s1. The van der Waals surface area contributed by atoms with Gasteiger partial charge >= 0.3 is 12.1 Å². The zero-order valence-electron chi connectivity index (χ0n) is 16.0. The molecule has 0 heterocycles. The van der Waals surface area contributed by atoms with Crippen molar-refractivity contribution in [2.24, 2.45) is 0 Å². The Kier molecular flexibility index (Phi) is 7.20. The van der Waals surface area contributed by atoms with E-state index in [2.05, 4.69) is 5.32 Å². The van der Waals surface area contributed by atoms with Gasteiger partial charge in [-0.05, 0) is 40.2 Å². The van der Waals surface area contributed by atoms with Crippen molar-refractivity contribution in [1.82, 2.24) is 5.32 Å². The van der Waals surface area contributed by atoms with Crippen molar-refractivity contribution in [3.63, 3.8) is 0 Å². The van der Waals surface area contributed by atoms with E-state index in [-0.39, 0.29) is 0 Å². The number of sulfone groups is 1. The molecule has 1 amide bonds. The van der Waals surface area contributed by atoms with E-state index in [1.54, 1.807) is 51.1 Å². The maximum absolute atomic E-state index is 12.2. The molecule has 8 heteroatoms. The first-order chi connectivity index (χ1) is 11.8. The number of nitrogens with one attached hydrogen (secondary N) is 1. The summed E-state index contributed by atoms with van der Waals surface area (Å²) in [5.74, 6) is -0.743. The lowest BCUT2D eigenvalue weighted by atomic mass is 10.1. The van der Waals surface area contributed by atoms with Gasteiger partial charge in [0.2, 0.25) is 0 Å². The van der Waals surface area contributed by atoms with Crippen LogP contribution in [0.2, 0.25) is 0 Å². The molecule has 146 valence electrons. The van der Waals surface area contributed by atoms with Crippen LogP contribution in [0.4, 0.5) is 4.79 Å². The van der Waals surface area contributed by atoms with Crippen molar-refractivity contribution in [2.75, 3.05) is 6.26 Å². The van der Waals surface area contributed by atoms with Crippen LogP contribution in [0.1, 0.15) is 45.4 Å². The number of rotatable bonds is 6. The number of hydrogen-bond donors (Lipinski definition) is 1. The Balaban J connectivity index is 2.81. The third-order valence-corrected chi connectivity index (χ3v) is 4.98. The first kappa shape index (κ1) is 22.0. The molecule has 0 aromatic heterocycles. The monoisotopic (exact) mass is 385 g/mol. The van der Waals surface area contributed by atoms with E-state index in [0.29, 0.717) is 5.56 Å². The predicted octanol–water partition coefficient (Wildman–Crippen LogP) is 2.62. The molecule has 1 rings (SSSR count). The molecule has 26 heavy (non-hydrogen) atoms. The molecule has 0 bridgehead atoms. The molecule has 1 aromatic rings. The highest BCUT2D eigenvalue weighted by Crippen LogP contribution is 2.27. The van der Waals surface area contributed by atoms with Crippen molar-refractivity contribution in [3.8, 4) is 0 Å². The minimum absolute atomic E-state index is 0.531. The summed E-state index contributed by atoms with van der Waals surface area (Å²) in [6, 6.07) is 7.55. The summed E-state index contributed by atoms with van der Waals surface area (Å²) in [7, 11) is -3.52. The lowest BCUT2D eigenvalue weighted by molar-refractivity contribution is -0.150. The van der Waals surface area contributed by atoms with Crippen LogP contribution in [0, 0.1) is 0 Å². The molecule has 0 saturated heterocycles. The van der Waals surface area contributed by atoms with Gasteiger partial charge in [0.25, 0.3) is 0 Å². The third-order valence-electron chi connectivity index (χ3n) is 3.40. The smallest absolute Gasteiger partial charge is 0.408 e. The molecule has 0 aliphatic rings. The number of amides is 1.